The van der Waals surface area contributed by atoms with Gasteiger partial charge in [0.2, 0.25) is 0 Å². The van der Waals surface area contributed by atoms with Crippen LogP contribution >= 0.6 is 0 Å². The molecule has 0 radical (unpaired) electrons. The van der Waals surface area contributed by atoms with E-state index in [1.54, 1.807) is 18.2 Å². The lowest BCUT2D eigenvalue weighted by Crippen LogP contribution is -2.41. The molecule has 3 fully saturated rings. The van der Waals surface area contributed by atoms with Gasteiger partial charge >= 0.3 is 6.03 Å². The van der Waals surface area contributed by atoms with Crippen molar-refractivity contribution in [2.75, 3.05) is 5.75 Å². The minimum atomic E-state index is -3.28. The Morgan fingerprint density at radius 3 is 2.48 bits per heavy atom. The van der Waals surface area contributed by atoms with Crippen molar-refractivity contribution in [1.82, 2.24) is 10.6 Å². The van der Waals surface area contributed by atoms with Crippen LogP contribution in [-0.2, 0) is 9.84 Å². The van der Waals surface area contributed by atoms with Gasteiger partial charge in [0.25, 0.3) is 0 Å². The van der Waals surface area contributed by atoms with E-state index >= 15 is 0 Å². The topological polar surface area (TPSA) is 75.3 Å². The maximum Gasteiger partial charge on any atom is 0.315 e. The Kier molecular flexibility index (Phi) is 2.71. The van der Waals surface area contributed by atoms with Gasteiger partial charge in [-0.3, -0.25) is 0 Å². The molecular formula is C17H20N2O3S. The molecule has 0 spiro atoms. The lowest BCUT2D eigenvalue weighted by Gasteiger charge is -2.15. The molecule has 0 unspecified atom stereocenters. The van der Waals surface area contributed by atoms with Crippen LogP contribution in [0.5, 0.6) is 0 Å². The molecule has 1 heterocycles. The summed E-state index contributed by atoms with van der Waals surface area (Å²) in [7, 11) is -3.28. The molecule has 2 bridgehead atoms. The van der Waals surface area contributed by atoms with Crippen LogP contribution in [-0.4, -0.2) is 26.2 Å². The van der Waals surface area contributed by atoms with Crippen molar-refractivity contribution in [3.63, 3.8) is 0 Å². The van der Waals surface area contributed by atoms with Crippen LogP contribution < -0.4 is 10.6 Å². The minimum absolute atomic E-state index is 0.0391. The Bertz CT molecular complexity index is 775. The molecule has 1 aromatic rings. The average Bonchev–Trinajstić information content (AvgIpc) is 2.85. The zero-order valence-electron chi connectivity index (χ0n) is 12.7. The van der Waals surface area contributed by atoms with Gasteiger partial charge in [0.1, 0.15) is 0 Å². The van der Waals surface area contributed by atoms with Crippen molar-refractivity contribution in [2.45, 2.75) is 36.2 Å². The van der Waals surface area contributed by atoms with E-state index in [-0.39, 0.29) is 11.8 Å². The zero-order chi connectivity index (χ0) is 15.8. The molecule has 6 heteroatoms. The van der Waals surface area contributed by atoms with Gasteiger partial charge in [0, 0.05) is 6.04 Å². The Morgan fingerprint density at radius 2 is 1.74 bits per heavy atom. The van der Waals surface area contributed by atoms with Crippen molar-refractivity contribution < 1.29 is 13.2 Å². The largest absolute Gasteiger partial charge is 0.335 e. The summed E-state index contributed by atoms with van der Waals surface area (Å²) in [6.07, 6.45) is 3.99. The van der Waals surface area contributed by atoms with E-state index in [0.29, 0.717) is 28.3 Å². The van der Waals surface area contributed by atoms with Crippen LogP contribution in [0.25, 0.3) is 0 Å². The van der Waals surface area contributed by atoms with E-state index in [1.165, 1.54) is 19.3 Å². The zero-order valence-corrected chi connectivity index (χ0v) is 13.6. The van der Waals surface area contributed by atoms with Crippen molar-refractivity contribution in [3.05, 3.63) is 29.8 Å². The van der Waals surface area contributed by atoms with Crippen LogP contribution in [0, 0.1) is 23.7 Å². The molecule has 1 aliphatic heterocycles. The highest BCUT2D eigenvalue weighted by atomic mass is 32.2. The third-order valence-electron chi connectivity index (χ3n) is 6.35. The van der Waals surface area contributed by atoms with Crippen molar-refractivity contribution in [2.24, 2.45) is 23.7 Å². The van der Waals surface area contributed by atoms with Gasteiger partial charge in [-0.05, 0) is 54.6 Å². The Hall–Kier alpha value is -1.56. The highest BCUT2D eigenvalue weighted by molar-refractivity contribution is 7.91. The van der Waals surface area contributed by atoms with Crippen molar-refractivity contribution in [3.8, 4) is 0 Å². The van der Waals surface area contributed by atoms with Crippen LogP contribution in [0.4, 0.5) is 4.79 Å². The predicted octanol–water partition coefficient (Wildman–Crippen LogP) is 1.86. The number of hydrogen-bond donors (Lipinski definition) is 2. The summed E-state index contributed by atoms with van der Waals surface area (Å²) < 4.78 is 24.3. The molecule has 0 aromatic heterocycles. The summed E-state index contributed by atoms with van der Waals surface area (Å²) in [5.74, 6) is 2.94. The van der Waals surface area contributed by atoms with Gasteiger partial charge in [-0.2, -0.15) is 0 Å². The highest BCUT2D eigenvalue weighted by Crippen LogP contribution is 2.65. The van der Waals surface area contributed by atoms with E-state index in [9.17, 15) is 13.2 Å². The number of carbonyl (C=O) groups is 1. The Labute approximate surface area is 135 Å². The van der Waals surface area contributed by atoms with Gasteiger partial charge in [-0.25, -0.2) is 13.2 Å². The van der Waals surface area contributed by atoms with E-state index in [2.05, 4.69) is 10.6 Å². The fraction of sp³-hybridized carbons (Fsp3) is 0.588. The van der Waals surface area contributed by atoms with Crippen LogP contribution in [0.2, 0.25) is 0 Å². The van der Waals surface area contributed by atoms with Crippen molar-refractivity contribution >= 4 is 15.9 Å². The van der Waals surface area contributed by atoms with E-state index in [0.717, 1.165) is 11.8 Å². The summed E-state index contributed by atoms with van der Waals surface area (Å²) in [5.41, 5.74) is 0.707. The normalized spacial score (nSPS) is 41.2. The maximum atomic E-state index is 12.3. The smallest absolute Gasteiger partial charge is 0.315 e. The standard InChI is InChI=1S/C17H20N2O3S/c20-17(19-16-14-9-5-6-10(7-9)15(14)16)18-12-8-23(21,22)13-4-2-1-3-11(12)13/h1-4,9-10,12,14-16H,5-8H2,(H2,18,19,20)/t9-,10-,12+,14+,15+/m0/s1. The molecule has 23 heavy (non-hydrogen) atoms. The van der Waals surface area contributed by atoms with Gasteiger partial charge < -0.3 is 10.6 Å². The second-order valence-corrected chi connectivity index (χ2v) is 9.51. The molecule has 1 aromatic carbocycles. The Balaban J connectivity index is 1.28. The van der Waals surface area contributed by atoms with Crippen molar-refractivity contribution in [1.29, 1.82) is 0 Å². The average molecular weight is 332 g/mol. The molecular weight excluding hydrogens is 312 g/mol. The Morgan fingerprint density at radius 1 is 1.04 bits per heavy atom. The third kappa shape index (κ3) is 1.97. The molecule has 3 saturated carbocycles. The second-order valence-electron chi connectivity index (χ2n) is 7.50. The van der Waals surface area contributed by atoms with Gasteiger partial charge in [0.15, 0.2) is 9.84 Å². The molecule has 5 rings (SSSR count). The first kappa shape index (κ1) is 13.8. The molecule has 3 aliphatic carbocycles. The number of carbonyl (C=O) groups excluding carboxylic acids is 1. The number of amides is 2. The first-order valence-electron chi connectivity index (χ1n) is 8.43. The lowest BCUT2D eigenvalue weighted by molar-refractivity contribution is 0.235. The molecule has 4 aliphatic rings. The lowest BCUT2D eigenvalue weighted by atomic mass is 10.0. The maximum absolute atomic E-state index is 12.3. The van der Waals surface area contributed by atoms with Gasteiger partial charge in [0.05, 0.1) is 16.7 Å². The summed E-state index contributed by atoms with van der Waals surface area (Å²) >= 11 is 0. The monoisotopic (exact) mass is 332 g/mol. The van der Waals surface area contributed by atoms with Crippen LogP contribution in [0.3, 0.4) is 0 Å². The second kappa shape index (κ2) is 4.50. The molecule has 5 nitrogen and oxygen atoms in total. The fourth-order valence-corrected chi connectivity index (χ4v) is 7.18. The SMILES string of the molecule is O=C(NC1[C@@H]2[C@H]3CC[C@@H](C3)[C@@H]12)N[C@@H]1CS(=O)(=O)c2ccccc21. The summed E-state index contributed by atoms with van der Waals surface area (Å²) in [5, 5.41) is 5.97. The molecule has 2 amide bonds. The first-order chi connectivity index (χ1) is 11.0. The van der Waals surface area contributed by atoms with Gasteiger partial charge in [-0.1, -0.05) is 18.2 Å². The quantitative estimate of drug-likeness (QED) is 0.868. The summed E-state index contributed by atoms with van der Waals surface area (Å²) in [6, 6.07) is 6.60. The van der Waals surface area contributed by atoms with Crippen LogP contribution in [0.1, 0.15) is 30.9 Å². The highest BCUT2D eigenvalue weighted by Gasteiger charge is 2.65. The summed E-state index contributed by atoms with van der Waals surface area (Å²) in [6.45, 7) is 0. The molecule has 2 N–H and O–H groups in total. The number of hydrogen-bond acceptors (Lipinski definition) is 3. The third-order valence-corrected chi connectivity index (χ3v) is 8.17. The van der Waals surface area contributed by atoms with E-state index in [4.69, 9.17) is 0 Å². The summed E-state index contributed by atoms with van der Waals surface area (Å²) in [4.78, 5) is 12.7. The molecule has 5 atom stereocenters. The van der Waals surface area contributed by atoms with Crippen LogP contribution in [0.15, 0.2) is 29.2 Å². The fourth-order valence-electron chi connectivity index (χ4n) is 5.44. The van der Waals surface area contributed by atoms with E-state index in [1.807, 2.05) is 6.07 Å². The minimum Gasteiger partial charge on any atom is -0.335 e. The number of rotatable bonds is 2. The van der Waals surface area contributed by atoms with Gasteiger partial charge in [-0.15, -0.1) is 0 Å². The van der Waals surface area contributed by atoms with E-state index < -0.39 is 15.9 Å². The number of benzene rings is 1. The number of fused-ring (bicyclic) bond motifs is 6. The molecule has 122 valence electrons. The predicted molar refractivity (Wildman–Crippen MR) is 84.5 cm³/mol. The number of nitrogens with one attached hydrogen (secondary N) is 2. The number of urea groups is 1. The number of sulfone groups is 1. The first-order valence-corrected chi connectivity index (χ1v) is 10.1. The molecule has 0 saturated heterocycles.